The van der Waals surface area contributed by atoms with Crippen LogP contribution < -0.4 is 16.3 Å². The van der Waals surface area contributed by atoms with Gasteiger partial charge >= 0.3 is 0 Å². The molecule has 1 aliphatic heterocycles. The molecule has 1 atom stereocenters. The van der Waals surface area contributed by atoms with E-state index in [2.05, 4.69) is 16.9 Å². The summed E-state index contributed by atoms with van der Waals surface area (Å²) in [6.45, 7) is 4.29. The van der Waals surface area contributed by atoms with Crippen molar-refractivity contribution in [3.05, 3.63) is 34.6 Å². The minimum absolute atomic E-state index is 0.197. The van der Waals surface area contributed by atoms with Gasteiger partial charge < -0.3 is 15.5 Å². The van der Waals surface area contributed by atoms with E-state index in [1.54, 1.807) is 6.07 Å². The molecule has 0 saturated carbocycles. The molecule has 1 fully saturated rings. The van der Waals surface area contributed by atoms with Crippen LogP contribution >= 0.6 is 0 Å². The summed E-state index contributed by atoms with van der Waals surface area (Å²) < 4.78 is 5.68. The van der Waals surface area contributed by atoms with Crippen LogP contribution in [0, 0.1) is 0 Å². The third-order valence-corrected chi connectivity index (χ3v) is 3.70. The van der Waals surface area contributed by atoms with Gasteiger partial charge in [0.25, 0.3) is 5.56 Å². The lowest BCUT2D eigenvalue weighted by Crippen LogP contribution is -2.44. The molecule has 1 saturated heterocycles. The number of fused-ring (bicyclic) bond motifs is 1. The minimum atomic E-state index is -0.273. The Balaban J connectivity index is 2.11. The van der Waals surface area contributed by atoms with Crippen LogP contribution in [0.2, 0.25) is 0 Å². The van der Waals surface area contributed by atoms with Crippen molar-refractivity contribution < 1.29 is 4.74 Å². The molecule has 0 spiro atoms. The summed E-state index contributed by atoms with van der Waals surface area (Å²) in [5, 5.41) is 5.69. The number of aromatic nitrogens is 2. The van der Waals surface area contributed by atoms with Gasteiger partial charge in [-0.1, -0.05) is 25.1 Å². The number of nitrogen functional groups attached to an aromatic ring is 1. The van der Waals surface area contributed by atoms with Crippen molar-refractivity contribution in [3.63, 3.8) is 0 Å². The molecule has 3 rings (SSSR count). The van der Waals surface area contributed by atoms with Gasteiger partial charge in [0.1, 0.15) is 0 Å². The Hall–Kier alpha value is -2.08. The first kappa shape index (κ1) is 12.9. The molecule has 1 aromatic heterocycles. The molecule has 0 aliphatic carbocycles. The highest BCUT2D eigenvalue weighted by atomic mass is 16.5. The number of anilines is 1. The van der Waals surface area contributed by atoms with Crippen molar-refractivity contribution in [2.75, 3.05) is 30.4 Å². The van der Waals surface area contributed by atoms with E-state index < -0.39 is 0 Å². The molecule has 106 valence electrons. The van der Waals surface area contributed by atoms with Crippen molar-refractivity contribution in [3.8, 4) is 0 Å². The second-order valence-corrected chi connectivity index (χ2v) is 4.97. The summed E-state index contributed by atoms with van der Waals surface area (Å²) in [6, 6.07) is 7.44. The van der Waals surface area contributed by atoms with E-state index in [4.69, 9.17) is 10.6 Å². The molecule has 2 N–H and O–H groups in total. The lowest BCUT2D eigenvalue weighted by molar-refractivity contribution is 0.0382. The first-order valence-electron chi connectivity index (χ1n) is 6.84. The Morgan fingerprint density at radius 1 is 1.40 bits per heavy atom. The summed E-state index contributed by atoms with van der Waals surface area (Å²) in [5.41, 5.74) is -0.273. The van der Waals surface area contributed by atoms with Gasteiger partial charge in [-0.25, -0.2) is 0 Å². The standard InChI is InChI=1S/C14H18N4O2/c1-2-10-9-17(7-8-20-10)13-11-5-3-4-6-12(11)14(19)18(15)16-13/h3-6,10H,2,7-9,15H2,1H3. The molecule has 0 bridgehead atoms. The number of hydrogen-bond acceptors (Lipinski definition) is 5. The normalized spacial score (nSPS) is 19.4. The molecular formula is C14H18N4O2. The minimum Gasteiger partial charge on any atom is -0.375 e. The van der Waals surface area contributed by atoms with Gasteiger partial charge in [0.05, 0.1) is 18.1 Å². The highest BCUT2D eigenvalue weighted by Crippen LogP contribution is 2.23. The molecule has 2 heterocycles. The number of ether oxygens (including phenoxy) is 1. The van der Waals surface area contributed by atoms with Crippen molar-refractivity contribution in [1.29, 1.82) is 0 Å². The highest BCUT2D eigenvalue weighted by molar-refractivity contribution is 5.91. The maximum atomic E-state index is 12.0. The number of nitrogens with two attached hydrogens (primary N) is 1. The van der Waals surface area contributed by atoms with E-state index in [1.165, 1.54) is 0 Å². The second-order valence-electron chi connectivity index (χ2n) is 4.97. The third kappa shape index (κ3) is 2.12. The van der Waals surface area contributed by atoms with Crippen molar-refractivity contribution in [2.24, 2.45) is 0 Å². The highest BCUT2D eigenvalue weighted by Gasteiger charge is 2.22. The maximum absolute atomic E-state index is 12.0. The van der Waals surface area contributed by atoms with Crippen LogP contribution in [-0.2, 0) is 4.74 Å². The zero-order valence-corrected chi connectivity index (χ0v) is 11.5. The molecule has 1 aliphatic rings. The van der Waals surface area contributed by atoms with Crippen LogP contribution in [0.1, 0.15) is 13.3 Å². The number of benzene rings is 1. The smallest absolute Gasteiger partial charge is 0.293 e. The van der Waals surface area contributed by atoms with Gasteiger partial charge in [-0.3, -0.25) is 4.79 Å². The number of morpholine rings is 1. The fourth-order valence-corrected chi connectivity index (χ4v) is 2.58. The maximum Gasteiger partial charge on any atom is 0.293 e. The largest absolute Gasteiger partial charge is 0.375 e. The molecule has 6 nitrogen and oxygen atoms in total. The van der Waals surface area contributed by atoms with Gasteiger partial charge in [-0.15, -0.1) is 9.89 Å². The number of rotatable bonds is 2. The first-order chi connectivity index (χ1) is 9.70. The van der Waals surface area contributed by atoms with Crippen LogP contribution in [0.15, 0.2) is 29.1 Å². The molecule has 1 unspecified atom stereocenters. The monoisotopic (exact) mass is 274 g/mol. The Labute approximate surface area is 116 Å². The van der Waals surface area contributed by atoms with Gasteiger partial charge in [0.15, 0.2) is 5.82 Å². The van der Waals surface area contributed by atoms with Crippen LogP contribution in [0.3, 0.4) is 0 Å². The van der Waals surface area contributed by atoms with Gasteiger partial charge in [0, 0.05) is 18.5 Å². The van der Waals surface area contributed by atoms with Crippen molar-refractivity contribution in [1.82, 2.24) is 9.89 Å². The molecule has 1 aromatic carbocycles. The second kappa shape index (κ2) is 5.13. The third-order valence-electron chi connectivity index (χ3n) is 3.70. The van der Waals surface area contributed by atoms with E-state index >= 15 is 0 Å². The number of hydrogen-bond donors (Lipinski definition) is 1. The van der Waals surface area contributed by atoms with Crippen molar-refractivity contribution in [2.45, 2.75) is 19.4 Å². The Morgan fingerprint density at radius 3 is 2.90 bits per heavy atom. The lowest BCUT2D eigenvalue weighted by atomic mass is 10.1. The van der Waals surface area contributed by atoms with E-state index in [-0.39, 0.29) is 11.7 Å². The zero-order chi connectivity index (χ0) is 14.1. The molecule has 2 aromatic rings. The van der Waals surface area contributed by atoms with E-state index in [0.29, 0.717) is 12.0 Å². The average molecular weight is 274 g/mol. The summed E-state index contributed by atoms with van der Waals surface area (Å²) >= 11 is 0. The predicted octanol–water partition coefficient (Wildman–Crippen LogP) is 0.725. The molecule has 0 radical (unpaired) electrons. The molecular weight excluding hydrogens is 256 g/mol. The predicted molar refractivity (Wildman–Crippen MR) is 78.4 cm³/mol. The van der Waals surface area contributed by atoms with Gasteiger partial charge in [0.2, 0.25) is 0 Å². The summed E-state index contributed by atoms with van der Waals surface area (Å²) in [7, 11) is 0. The quantitative estimate of drug-likeness (QED) is 0.817. The fraction of sp³-hybridized carbons (Fsp3) is 0.429. The Morgan fingerprint density at radius 2 is 2.15 bits per heavy atom. The summed E-state index contributed by atoms with van der Waals surface area (Å²) in [6.07, 6.45) is 1.15. The number of nitrogens with zero attached hydrogens (tertiary/aromatic N) is 3. The Kier molecular flexibility index (Phi) is 3.31. The van der Waals surface area contributed by atoms with Crippen LogP contribution in [-0.4, -0.2) is 35.7 Å². The fourth-order valence-electron chi connectivity index (χ4n) is 2.58. The molecule has 20 heavy (non-hydrogen) atoms. The average Bonchev–Trinajstić information content (AvgIpc) is 2.51. The van der Waals surface area contributed by atoms with Gasteiger partial charge in [-0.05, 0) is 12.5 Å². The van der Waals surface area contributed by atoms with Crippen molar-refractivity contribution >= 4 is 16.6 Å². The van der Waals surface area contributed by atoms with E-state index in [1.807, 2.05) is 18.2 Å². The van der Waals surface area contributed by atoms with E-state index in [9.17, 15) is 4.79 Å². The van der Waals surface area contributed by atoms with Crippen LogP contribution in [0.5, 0.6) is 0 Å². The van der Waals surface area contributed by atoms with Crippen LogP contribution in [0.4, 0.5) is 5.82 Å². The van der Waals surface area contributed by atoms with Crippen LogP contribution in [0.25, 0.3) is 10.8 Å². The summed E-state index contributed by atoms with van der Waals surface area (Å²) in [4.78, 5) is 15.1. The topological polar surface area (TPSA) is 73.4 Å². The first-order valence-corrected chi connectivity index (χ1v) is 6.84. The van der Waals surface area contributed by atoms with E-state index in [0.717, 1.165) is 35.5 Å². The zero-order valence-electron chi connectivity index (χ0n) is 11.5. The van der Waals surface area contributed by atoms with Gasteiger partial charge in [-0.2, -0.15) is 0 Å². The molecule has 6 heteroatoms. The summed E-state index contributed by atoms with van der Waals surface area (Å²) in [5.74, 6) is 6.45. The Bertz CT molecular complexity index is 682. The lowest BCUT2D eigenvalue weighted by Gasteiger charge is -2.33. The molecule has 0 amide bonds. The SMILES string of the molecule is CCC1CN(c2nn(N)c(=O)c3ccccc23)CCO1.